The number of hydrogen-bond acceptors (Lipinski definition) is 3. The highest BCUT2D eigenvalue weighted by Gasteiger charge is 2.17. The fourth-order valence-electron chi connectivity index (χ4n) is 1.64. The molecule has 0 saturated heterocycles. The van der Waals surface area contributed by atoms with Crippen LogP contribution in [0.4, 0.5) is 13.6 Å². The summed E-state index contributed by atoms with van der Waals surface area (Å²) in [6.07, 6.45) is -1.04. The van der Waals surface area contributed by atoms with E-state index < -0.39 is 23.8 Å². The van der Waals surface area contributed by atoms with Gasteiger partial charge in [0.25, 0.3) is 0 Å². The van der Waals surface area contributed by atoms with Crippen molar-refractivity contribution in [2.45, 2.75) is 26.4 Å². The van der Waals surface area contributed by atoms with E-state index in [0.717, 1.165) is 12.1 Å². The van der Waals surface area contributed by atoms with Crippen LogP contribution in [0.5, 0.6) is 5.75 Å². The van der Waals surface area contributed by atoms with Crippen molar-refractivity contribution in [2.75, 3.05) is 6.61 Å². The first-order chi connectivity index (χ1) is 9.29. The SMILES string of the molecule is CC(C)C[C@@H](COc1cc(F)c(Br)cc1F)OC(N)=O. The maximum atomic E-state index is 13.6. The minimum atomic E-state index is -0.929. The third-order valence-electron chi connectivity index (χ3n) is 2.42. The van der Waals surface area contributed by atoms with Gasteiger partial charge in [0.1, 0.15) is 18.5 Å². The Morgan fingerprint density at radius 2 is 2.00 bits per heavy atom. The number of hydrogen-bond donors (Lipinski definition) is 1. The van der Waals surface area contributed by atoms with Gasteiger partial charge in [0, 0.05) is 6.07 Å². The summed E-state index contributed by atoms with van der Waals surface area (Å²) < 4.78 is 36.9. The third-order valence-corrected chi connectivity index (χ3v) is 3.02. The monoisotopic (exact) mass is 351 g/mol. The lowest BCUT2D eigenvalue weighted by molar-refractivity contribution is 0.0578. The molecule has 0 saturated carbocycles. The van der Waals surface area contributed by atoms with Crippen LogP contribution in [-0.2, 0) is 4.74 Å². The molecular formula is C13H16BrF2NO3. The lowest BCUT2D eigenvalue weighted by atomic mass is 10.1. The van der Waals surface area contributed by atoms with Crippen LogP contribution in [-0.4, -0.2) is 18.8 Å². The molecule has 1 rings (SSSR count). The van der Waals surface area contributed by atoms with Crippen molar-refractivity contribution < 1.29 is 23.0 Å². The van der Waals surface area contributed by atoms with E-state index in [1.165, 1.54) is 0 Å². The molecule has 7 heteroatoms. The number of ether oxygens (including phenoxy) is 2. The standard InChI is InChI=1S/C13H16BrF2NO3/c1-7(2)3-8(20-13(17)18)6-19-12-5-10(15)9(14)4-11(12)16/h4-5,7-8H,3,6H2,1-2H3,(H2,17,18)/t8-/m0/s1. The van der Waals surface area contributed by atoms with Gasteiger partial charge < -0.3 is 15.2 Å². The Labute approximate surface area is 124 Å². The highest BCUT2D eigenvalue weighted by atomic mass is 79.9. The number of amides is 1. The van der Waals surface area contributed by atoms with Crippen LogP contribution in [0.1, 0.15) is 20.3 Å². The van der Waals surface area contributed by atoms with Gasteiger partial charge in [-0.2, -0.15) is 0 Å². The fraction of sp³-hybridized carbons (Fsp3) is 0.462. The highest BCUT2D eigenvalue weighted by molar-refractivity contribution is 9.10. The fourth-order valence-corrected chi connectivity index (χ4v) is 1.95. The van der Waals surface area contributed by atoms with Crippen LogP contribution in [0.25, 0.3) is 0 Å². The number of carbonyl (C=O) groups excluding carboxylic acids is 1. The zero-order chi connectivity index (χ0) is 15.3. The summed E-state index contributed by atoms with van der Waals surface area (Å²) in [4.78, 5) is 10.8. The second kappa shape index (κ2) is 7.42. The molecule has 1 amide bonds. The topological polar surface area (TPSA) is 61.6 Å². The van der Waals surface area contributed by atoms with Crippen molar-refractivity contribution in [3.8, 4) is 5.75 Å². The van der Waals surface area contributed by atoms with E-state index in [4.69, 9.17) is 15.2 Å². The average molecular weight is 352 g/mol. The molecule has 0 bridgehead atoms. The highest BCUT2D eigenvalue weighted by Crippen LogP contribution is 2.25. The molecule has 112 valence electrons. The van der Waals surface area contributed by atoms with Gasteiger partial charge in [-0.25, -0.2) is 13.6 Å². The van der Waals surface area contributed by atoms with E-state index in [-0.39, 0.29) is 22.7 Å². The van der Waals surface area contributed by atoms with Gasteiger partial charge in [-0.15, -0.1) is 0 Å². The van der Waals surface area contributed by atoms with E-state index in [0.29, 0.717) is 6.42 Å². The van der Waals surface area contributed by atoms with Crippen molar-refractivity contribution in [3.05, 3.63) is 28.2 Å². The molecule has 1 atom stereocenters. The first-order valence-electron chi connectivity index (χ1n) is 6.03. The molecule has 0 fully saturated rings. The molecule has 0 aliphatic rings. The van der Waals surface area contributed by atoms with Crippen LogP contribution in [0.15, 0.2) is 16.6 Å². The predicted octanol–water partition coefficient (Wildman–Crippen LogP) is 3.62. The maximum Gasteiger partial charge on any atom is 0.404 e. The van der Waals surface area contributed by atoms with Crippen molar-refractivity contribution in [3.63, 3.8) is 0 Å². The number of carbonyl (C=O) groups is 1. The van der Waals surface area contributed by atoms with E-state index >= 15 is 0 Å². The molecule has 1 aromatic rings. The molecule has 2 N–H and O–H groups in total. The van der Waals surface area contributed by atoms with Crippen LogP contribution in [0, 0.1) is 17.6 Å². The molecule has 0 heterocycles. The van der Waals surface area contributed by atoms with Gasteiger partial charge in [0.05, 0.1) is 4.47 Å². The summed E-state index contributed by atoms with van der Waals surface area (Å²) in [5.74, 6) is -1.36. The molecule has 0 radical (unpaired) electrons. The molecule has 0 aliphatic heterocycles. The number of halogens is 3. The van der Waals surface area contributed by atoms with E-state index in [2.05, 4.69) is 15.9 Å². The lowest BCUT2D eigenvalue weighted by Crippen LogP contribution is -2.29. The van der Waals surface area contributed by atoms with Crippen LogP contribution in [0.2, 0.25) is 0 Å². The molecular weight excluding hydrogens is 336 g/mol. The maximum absolute atomic E-state index is 13.6. The van der Waals surface area contributed by atoms with E-state index in [1.807, 2.05) is 13.8 Å². The second-order valence-electron chi connectivity index (χ2n) is 4.70. The molecule has 0 aromatic heterocycles. The quantitative estimate of drug-likeness (QED) is 0.796. The Balaban J connectivity index is 2.71. The zero-order valence-electron chi connectivity index (χ0n) is 11.2. The Morgan fingerprint density at radius 3 is 2.55 bits per heavy atom. The normalized spacial score (nSPS) is 12.3. The minimum Gasteiger partial charge on any atom is -0.487 e. The summed E-state index contributed by atoms with van der Waals surface area (Å²) in [5.41, 5.74) is 4.95. The smallest absolute Gasteiger partial charge is 0.404 e. The third kappa shape index (κ3) is 5.32. The summed E-state index contributed by atoms with van der Waals surface area (Å²) in [6, 6.07) is 1.90. The molecule has 20 heavy (non-hydrogen) atoms. The van der Waals surface area contributed by atoms with Gasteiger partial charge in [-0.3, -0.25) is 0 Å². The van der Waals surface area contributed by atoms with Gasteiger partial charge in [-0.1, -0.05) is 13.8 Å². The van der Waals surface area contributed by atoms with Crippen LogP contribution >= 0.6 is 15.9 Å². The van der Waals surface area contributed by atoms with Crippen LogP contribution in [0.3, 0.4) is 0 Å². The largest absolute Gasteiger partial charge is 0.487 e. The van der Waals surface area contributed by atoms with Crippen molar-refractivity contribution in [1.29, 1.82) is 0 Å². The summed E-state index contributed by atoms with van der Waals surface area (Å²) >= 11 is 2.87. The predicted molar refractivity (Wildman–Crippen MR) is 73.5 cm³/mol. The lowest BCUT2D eigenvalue weighted by Gasteiger charge is -2.19. The van der Waals surface area contributed by atoms with E-state index in [1.54, 1.807) is 0 Å². The van der Waals surface area contributed by atoms with Crippen molar-refractivity contribution in [2.24, 2.45) is 11.7 Å². The first kappa shape index (κ1) is 16.7. The zero-order valence-corrected chi connectivity index (χ0v) is 12.7. The number of rotatable bonds is 6. The first-order valence-corrected chi connectivity index (χ1v) is 6.82. The molecule has 1 aromatic carbocycles. The van der Waals surface area contributed by atoms with Gasteiger partial charge in [0.2, 0.25) is 0 Å². The Morgan fingerprint density at radius 1 is 1.35 bits per heavy atom. The molecule has 0 aliphatic carbocycles. The molecule has 0 spiro atoms. The molecule has 0 unspecified atom stereocenters. The van der Waals surface area contributed by atoms with E-state index in [9.17, 15) is 13.6 Å². The molecule has 4 nitrogen and oxygen atoms in total. The number of primary amides is 1. The number of benzene rings is 1. The summed E-state index contributed by atoms with van der Waals surface area (Å²) in [5, 5.41) is 0. The summed E-state index contributed by atoms with van der Waals surface area (Å²) in [7, 11) is 0. The average Bonchev–Trinajstić information content (AvgIpc) is 2.30. The Kier molecular flexibility index (Phi) is 6.19. The van der Waals surface area contributed by atoms with Gasteiger partial charge in [-0.05, 0) is 34.3 Å². The van der Waals surface area contributed by atoms with Crippen LogP contribution < -0.4 is 10.5 Å². The second-order valence-corrected chi connectivity index (χ2v) is 5.55. The van der Waals surface area contributed by atoms with Crippen molar-refractivity contribution >= 4 is 22.0 Å². The van der Waals surface area contributed by atoms with Gasteiger partial charge in [0.15, 0.2) is 11.6 Å². The Bertz CT molecular complexity index is 483. The van der Waals surface area contributed by atoms with Gasteiger partial charge >= 0.3 is 6.09 Å². The summed E-state index contributed by atoms with van der Waals surface area (Å²) in [6.45, 7) is 3.76. The van der Waals surface area contributed by atoms with Crippen molar-refractivity contribution in [1.82, 2.24) is 0 Å². The number of nitrogens with two attached hydrogens (primary N) is 1. The Hall–Kier alpha value is -1.37. The minimum absolute atomic E-state index is 0.00877.